The fourth-order valence-electron chi connectivity index (χ4n) is 4.08. The minimum absolute atomic E-state index is 0.00273. The Labute approximate surface area is 244 Å². The maximum Gasteiger partial charge on any atom is 0.421 e. The maximum absolute atomic E-state index is 13.9. The number of carbonyl (C=O) groups excluding carboxylic acids is 1. The fourth-order valence-corrected chi connectivity index (χ4v) is 4.76. The van der Waals surface area contributed by atoms with E-state index in [0.717, 1.165) is 0 Å². The standard InChI is InChI=1S/C27H29F3N7O5P/c1-2-31-25(39)21-12-18(19-13-33-37(15-19)10-3-11-38)6-9-23(21)35-24-22(27(28,29)30)14-32-26(36-24)34-20-7-4-17(5-8-20)16-43(40,41)42/h4-9,12-15,38H,2-3,10-11,16H2,1H3,(H,31,39)(H2,40,41,42)(H2,32,34,35,36). The van der Waals surface area contributed by atoms with Gasteiger partial charge in [-0.1, -0.05) is 18.2 Å². The molecule has 0 aliphatic carbocycles. The van der Waals surface area contributed by atoms with Crippen LogP contribution in [0.25, 0.3) is 11.1 Å². The molecule has 0 radical (unpaired) electrons. The average Bonchev–Trinajstić information content (AvgIpc) is 3.41. The van der Waals surface area contributed by atoms with Crippen molar-refractivity contribution in [2.24, 2.45) is 0 Å². The molecule has 2 aromatic carbocycles. The number of aromatic nitrogens is 4. The predicted molar refractivity (Wildman–Crippen MR) is 153 cm³/mol. The lowest BCUT2D eigenvalue weighted by Crippen LogP contribution is -2.24. The normalized spacial score (nSPS) is 11.8. The monoisotopic (exact) mass is 619 g/mol. The Bertz CT molecular complexity index is 1620. The van der Waals surface area contributed by atoms with Crippen LogP contribution >= 0.6 is 7.60 Å². The van der Waals surface area contributed by atoms with Gasteiger partial charge >= 0.3 is 13.8 Å². The Kier molecular flexibility index (Phi) is 9.81. The number of hydrogen-bond donors (Lipinski definition) is 6. The molecule has 1 amide bonds. The average molecular weight is 620 g/mol. The van der Waals surface area contributed by atoms with Crippen LogP contribution in [0.3, 0.4) is 0 Å². The lowest BCUT2D eigenvalue weighted by atomic mass is 10.0. The maximum atomic E-state index is 13.9. The summed E-state index contributed by atoms with van der Waals surface area (Å²) < 4.78 is 54.7. The largest absolute Gasteiger partial charge is 0.421 e. The van der Waals surface area contributed by atoms with Crippen LogP contribution in [0, 0.1) is 0 Å². The van der Waals surface area contributed by atoms with E-state index in [4.69, 9.17) is 14.9 Å². The second-order valence-electron chi connectivity index (χ2n) is 9.41. The Morgan fingerprint density at radius 2 is 1.79 bits per heavy atom. The highest BCUT2D eigenvalue weighted by molar-refractivity contribution is 7.50. The van der Waals surface area contributed by atoms with Gasteiger partial charge in [-0.05, 0) is 48.7 Å². The number of halogens is 3. The van der Waals surface area contributed by atoms with Gasteiger partial charge in [0, 0.05) is 43.3 Å². The molecule has 0 saturated heterocycles. The lowest BCUT2D eigenvalue weighted by molar-refractivity contribution is -0.137. The molecule has 12 nitrogen and oxygen atoms in total. The van der Waals surface area contributed by atoms with Gasteiger partial charge in [-0.15, -0.1) is 0 Å². The number of nitrogens with zero attached hydrogens (tertiary/aromatic N) is 4. The van der Waals surface area contributed by atoms with Crippen molar-refractivity contribution in [1.82, 2.24) is 25.1 Å². The number of rotatable bonds is 12. The molecule has 0 spiro atoms. The molecule has 0 fully saturated rings. The van der Waals surface area contributed by atoms with Gasteiger partial charge in [0.2, 0.25) is 5.95 Å². The topological polar surface area (TPSA) is 175 Å². The molecule has 0 saturated carbocycles. The van der Waals surface area contributed by atoms with Gasteiger partial charge in [0.25, 0.3) is 5.91 Å². The van der Waals surface area contributed by atoms with Gasteiger partial charge in [0.05, 0.1) is 23.6 Å². The fraction of sp³-hybridized carbons (Fsp3) is 0.259. The number of carbonyl (C=O) groups is 1. The summed E-state index contributed by atoms with van der Waals surface area (Å²) in [4.78, 5) is 39.1. The molecule has 4 aromatic rings. The quantitative estimate of drug-likeness (QED) is 0.122. The summed E-state index contributed by atoms with van der Waals surface area (Å²) in [5, 5.41) is 21.4. The van der Waals surface area contributed by atoms with Gasteiger partial charge in [-0.2, -0.15) is 23.3 Å². The van der Waals surface area contributed by atoms with Crippen molar-refractivity contribution in [1.29, 1.82) is 0 Å². The van der Waals surface area contributed by atoms with Crippen LogP contribution in [0.2, 0.25) is 0 Å². The molecule has 228 valence electrons. The highest BCUT2D eigenvalue weighted by Gasteiger charge is 2.35. The molecule has 43 heavy (non-hydrogen) atoms. The minimum Gasteiger partial charge on any atom is -0.396 e. The van der Waals surface area contributed by atoms with Crippen molar-refractivity contribution in [3.05, 3.63) is 77.7 Å². The minimum atomic E-state index is -4.82. The summed E-state index contributed by atoms with van der Waals surface area (Å²) in [7, 11) is -4.27. The summed E-state index contributed by atoms with van der Waals surface area (Å²) in [5.74, 6) is -1.31. The number of benzene rings is 2. The Morgan fingerprint density at radius 3 is 2.44 bits per heavy atom. The molecule has 4 rings (SSSR count). The zero-order chi connectivity index (χ0) is 31.2. The van der Waals surface area contributed by atoms with E-state index in [0.29, 0.717) is 41.5 Å². The summed E-state index contributed by atoms with van der Waals surface area (Å²) in [5.41, 5.74) is 0.993. The molecule has 0 aliphatic heterocycles. The second kappa shape index (κ2) is 13.3. The predicted octanol–water partition coefficient (Wildman–Crippen LogP) is 4.66. The first-order valence-corrected chi connectivity index (χ1v) is 14.8. The Morgan fingerprint density at radius 1 is 1.05 bits per heavy atom. The number of anilines is 4. The van der Waals surface area contributed by atoms with Crippen LogP contribution in [0.4, 0.5) is 36.3 Å². The van der Waals surface area contributed by atoms with Crippen LogP contribution < -0.4 is 16.0 Å². The Balaban J connectivity index is 1.66. The zero-order valence-corrected chi connectivity index (χ0v) is 23.7. The van der Waals surface area contributed by atoms with Gasteiger partial charge in [-0.25, -0.2) is 4.98 Å². The van der Waals surface area contributed by atoms with Crippen LogP contribution in [0.1, 0.15) is 34.8 Å². The summed E-state index contributed by atoms with van der Waals surface area (Å²) in [6.45, 7) is 2.48. The summed E-state index contributed by atoms with van der Waals surface area (Å²) in [6, 6.07) is 10.5. The zero-order valence-electron chi connectivity index (χ0n) is 22.8. The molecule has 0 unspecified atom stereocenters. The number of amides is 1. The SMILES string of the molecule is CCNC(=O)c1cc(-c2cnn(CCCO)c2)ccc1Nc1nc(Nc2ccc(CP(=O)(O)O)cc2)ncc1C(F)(F)F. The highest BCUT2D eigenvalue weighted by Crippen LogP contribution is 2.39. The summed E-state index contributed by atoms with van der Waals surface area (Å²) in [6.07, 6.45) is -0.836. The molecule has 6 N–H and O–H groups in total. The van der Waals surface area contributed by atoms with E-state index < -0.39 is 37.2 Å². The molecular weight excluding hydrogens is 590 g/mol. The number of aliphatic hydroxyl groups excluding tert-OH is 1. The first-order valence-electron chi connectivity index (χ1n) is 13.0. The van der Waals surface area contributed by atoms with Gasteiger partial charge in [-0.3, -0.25) is 14.0 Å². The molecule has 0 atom stereocenters. The third-order valence-corrected chi connectivity index (χ3v) is 6.84. The van der Waals surface area contributed by atoms with E-state index in [1.165, 1.54) is 36.4 Å². The number of aryl methyl sites for hydroxylation is 1. The van der Waals surface area contributed by atoms with Crippen molar-refractivity contribution in [3.8, 4) is 11.1 Å². The lowest BCUT2D eigenvalue weighted by Gasteiger charge is -2.17. The van der Waals surface area contributed by atoms with Crippen molar-refractivity contribution in [2.75, 3.05) is 23.8 Å². The molecule has 0 aliphatic rings. The van der Waals surface area contributed by atoms with Gasteiger partial charge in [0.1, 0.15) is 11.4 Å². The third kappa shape index (κ3) is 8.61. The third-order valence-electron chi connectivity index (χ3n) is 6.06. The van der Waals surface area contributed by atoms with E-state index >= 15 is 0 Å². The summed E-state index contributed by atoms with van der Waals surface area (Å²) >= 11 is 0. The molecule has 2 heterocycles. The van der Waals surface area contributed by atoms with Crippen LogP contribution in [-0.2, 0) is 23.4 Å². The smallest absolute Gasteiger partial charge is 0.396 e. The second-order valence-corrected chi connectivity index (χ2v) is 11.1. The van der Waals surface area contributed by atoms with E-state index in [2.05, 4.69) is 31.0 Å². The molecule has 0 bridgehead atoms. The number of nitrogens with one attached hydrogen (secondary N) is 3. The van der Waals surface area contributed by atoms with Crippen LogP contribution in [-0.4, -0.2) is 53.7 Å². The molecule has 16 heteroatoms. The van der Waals surface area contributed by atoms with Gasteiger partial charge < -0.3 is 30.8 Å². The highest BCUT2D eigenvalue weighted by atomic mass is 31.2. The molecular formula is C27H29F3N7O5P. The first kappa shape index (κ1) is 31.6. The van der Waals surface area contributed by atoms with Crippen molar-refractivity contribution >= 4 is 36.6 Å². The van der Waals surface area contributed by atoms with E-state index in [1.54, 1.807) is 30.1 Å². The Hall–Kier alpha value is -4.30. The molecule has 2 aromatic heterocycles. The number of alkyl halides is 3. The number of aliphatic hydroxyl groups is 1. The first-order chi connectivity index (χ1) is 20.4. The van der Waals surface area contributed by atoms with E-state index in [-0.39, 0.29) is 30.4 Å². The van der Waals surface area contributed by atoms with Crippen molar-refractivity contribution in [2.45, 2.75) is 32.2 Å². The number of hydrogen-bond acceptors (Lipinski definition) is 8. The van der Waals surface area contributed by atoms with Gasteiger partial charge in [0.15, 0.2) is 0 Å². The van der Waals surface area contributed by atoms with Crippen molar-refractivity contribution < 1.29 is 37.4 Å². The van der Waals surface area contributed by atoms with E-state index in [9.17, 15) is 22.5 Å². The van der Waals surface area contributed by atoms with Crippen molar-refractivity contribution in [3.63, 3.8) is 0 Å². The van der Waals surface area contributed by atoms with Crippen LogP contribution in [0.5, 0.6) is 0 Å². The van der Waals surface area contributed by atoms with E-state index in [1.807, 2.05) is 0 Å². The van der Waals surface area contributed by atoms with Crippen LogP contribution in [0.15, 0.2) is 61.1 Å².